The Kier molecular flexibility index (Phi) is 3.23. The van der Waals surface area contributed by atoms with Crippen LogP contribution in [0.4, 0.5) is 0 Å². The maximum absolute atomic E-state index is 10.7. The van der Waals surface area contributed by atoms with Gasteiger partial charge in [0.15, 0.2) is 0 Å². The Bertz CT molecular complexity index is 329. The van der Waals surface area contributed by atoms with Crippen molar-refractivity contribution in [3.05, 3.63) is 41.5 Å². The summed E-state index contributed by atoms with van der Waals surface area (Å²) in [6, 6.07) is 6.64. The van der Waals surface area contributed by atoms with Crippen molar-refractivity contribution in [1.82, 2.24) is 0 Å². The number of hydrogen-bond acceptors (Lipinski definition) is 2. The fourth-order valence-electron chi connectivity index (χ4n) is 1.02. The molecule has 0 fully saturated rings. The van der Waals surface area contributed by atoms with E-state index in [-0.39, 0.29) is 12.2 Å². The van der Waals surface area contributed by atoms with E-state index in [4.69, 9.17) is 10.2 Å². The van der Waals surface area contributed by atoms with E-state index >= 15 is 0 Å². The Hall–Kier alpha value is -1.61. The number of carbonyl (C=O) groups is 1. The Morgan fingerprint density at radius 1 is 1.38 bits per heavy atom. The Balaban J connectivity index is 3.05. The van der Waals surface area contributed by atoms with Crippen LogP contribution in [0.25, 0.3) is 6.08 Å². The molecule has 0 radical (unpaired) electrons. The lowest BCUT2D eigenvalue weighted by Gasteiger charge is -1.98. The van der Waals surface area contributed by atoms with Gasteiger partial charge in [-0.1, -0.05) is 30.4 Å². The molecule has 0 saturated heterocycles. The van der Waals surface area contributed by atoms with Crippen LogP contribution in [0.5, 0.6) is 0 Å². The van der Waals surface area contributed by atoms with Crippen molar-refractivity contribution in [1.29, 1.82) is 0 Å². The van der Waals surface area contributed by atoms with Gasteiger partial charge in [-0.3, -0.25) is 0 Å². The van der Waals surface area contributed by atoms with Gasteiger partial charge in [0.2, 0.25) is 0 Å². The smallest absolute Gasteiger partial charge is 0.336 e. The molecule has 0 atom stereocenters. The summed E-state index contributed by atoms with van der Waals surface area (Å²) in [6.45, 7) is -0.0893. The Morgan fingerprint density at radius 2 is 2.08 bits per heavy atom. The molecule has 0 spiro atoms. The summed E-state index contributed by atoms with van der Waals surface area (Å²) in [5.41, 5.74) is 0.844. The molecule has 0 aliphatic rings. The second-order valence-electron chi connectivity index (χ2n) is 2.48. The van der Waals surface area contributed by atoms with Crippen LogP contribution in [0, 0.1) is 0 Å². The SMILES string of the molecule is O=C(O)c1ccccc1/C=C/CO. The van der Waals surface area contributed by atoms with Crippen molar-refractivity contribution >= 4 is 12.0 Å². The molecule has 13 heavy (non-hydrogen) atoms. The standard InChI is InChI=1S/C10H10O3/c11-7-3-5-8-4-1-2-6-9(8)10(12)13/h1-6,11H,7H2,(H,12,13)/b5-3+. The van der Waals surface area contributed by atoms with Crippen molar-refractivity contribution < 1.29 is 15.0 Å². The first-order chi connectivity index (χ1) is 6.25. The van der Waals surface area contributed by atoms with Gasteiger partial charge in [0, 0.05) is 0 Å². The van der Waals surface area contributed by atoms with Gasteiger partial charge in [-0.15, -0.1) is 0 Å². The van der Waals surface area contributed by atoms with E-state index in [0.717, 1.165) is 0 Å². The third-order valence-electron chi connectivity index (χ3n) is 1.59. The predicted octanol–water partition coefficient (Wildman–Crippen LogP) is 1.39. The van der Waals surface area contributed by atoms with E-state index in [1.807, 2.05) is 0 Å². The highest BCUT2D eigenvalue weighted by Crippen LogP contribution is 2.10. The highest BCUT2D eigenvalue weighted by Gasteiger charge is 2.05. The molecule has 68 valence electrons. The van der Waals surface area contributed by atoms with E-state index in [9.17, 15) is 4.79 Å². The predicted molar refractivity (Wildman–Crippen MR) is 49.5 cm³/mol. The largest absolute Gasteiger partial charge is 0.478 e. The van der Waals surface area contributed by atoms with E-state index in [0.29, 0.717) is 5.56 Å². The molecule has 1 aromatic carbocycles. The highest BCUT2D eigenvalue weighted by atomic mass is 16.4. The quantitative estimate of drug-likeness (QED) is 0.735. The van der Waals surface area contributed by atoms with Gasteiger partial charge in [0.1, 0.15) is 0 Å². The average Bonchev–Trinajstić information content (AvgIpc) is 2.15. The van der Waals surface area contributed by atoms with Crippen LogP contribution < -0.4 is 0 Å². The Morgan fingerprint density at radius 3 is 2.69 bits per heavy atom. The van der Waals surface area contributed by atoms with Gasteiger partial charge >= 0.3 is 5.97 Å². The summed E-state index contributed by atoms with van der Waals surface area (Å²) < 4.78 is 0. The van der Waals surface area contributed by atoms with Crippen LogP contribution in [0.2, 0.25) is 0 Å². The summed E-state index contributed by atoms with van der Waals surface area (Å²) in [7, 11) is 0. The first kappa shape index (κ1) is 9.48. The minimum atomic E-state index is -0.960. The maximum Gasteiger partial charge on any atom is 0.336 e. The lowest BCUT2D eigenvalue weighted by Crippen LogP contribution is -1.98. The number of carboxylic acid groups (broad SMARTS) is 1. The van der Waals surface area contributed by atoms with Crippen molar-refractivity contribution in [3.8, 4) is 0 Å². The van der Waals surface area contributed by atoms with E-state index in [2.05, 4.69) is 0 Å². The van der Waals surface area contributed by atoms with Crippen LogP contribution in [-0.2, 0) is 0 Å². The third-order valence-corrected chi connectivity index (χ3v) is 1.59. The first-order valence-electron chi connectivity index (χ1n) is 3.85. The summed E-state index contributed by atoms with van der Waals surface area (Å²) in [6.07, 6.45) is 3.09. The topological polar surface area (TPSA) is 57.5 Å². The van der Waals surface area contributed by atoms with E-state index < -0.39 is 5.97 Å². The third kappa shape index (κ3) is 2.42. The number of aliphatic hydroxyl groups excluding tert-OH is 1. The molecule has 0 aromatic heterocycles. The Labute approximate surface area is 76.0 Å². The van der Waals surface area contributed by atoms with Crippen molar-refractivity contribution in [3.63, 3.8) is 0 Å². The normalized spacial score (nSPS) is 10.5. The van der Waals surface area contributed by atoms with Crippen LogP contribution >= 0.6 is 0 Å². The lowest BCUT2D eigenvalue weighted by atomic mass is 10.1. The second-order valence-corrected chi connectivity index (χ2v) is 2.48. The molecule has 1 aromatic rings. The summed E-state index contributed by atoms with van der Waals surface area (Å²) in [4.78, 5) is 10.7. The van der Waals surface area contributed by atoms with E-state index in [1.165, 1.54) is 12.1 Å². The fraction of sp³-hybridized carbons (Fsp3) is 0.100. The summed E-state index contributed by atoms with van der Waals surface area (Å²) in [5, 5.41) is 17.3. The zero-order chi connectivity index (χ0) is 9.68. The summed E-state index contributed by atoms with van der Waals surface area (Å²) in [5.74, 6) is -0.960. The molecule has 0 aliphatic carbocycles. The van der Waals surface area contributed by atoms with Crippen LogP contribution in [0.15, 0.2) is 30.3 Å². The van der Waals surface area contributed by atoms with Crippen LogP contribution in [-0.4, -0.2) is 22.8 Å². The number of aromatic carboxylic acids is 1. The zero-order valence-corrected chi connectivity index (χ0v) is 6.97. The van der Waals surface area contributed by atoms with Crippen LogP contribution in [0.1, 0.15) is 15.9 Å². The van der Waals surface area contributed by atoms with Crippen LogP contribution in [0.3, 0.4) is 0 Å². The molecule has 3 heteroatoms. The molecular weight excluding hydrogens is 168 g/mol. The molecule has 0 aliphatic heterocycles. The highest BCUT2D eigenvalue weighted by molar-refractivity contribution is 5.92. The van der Waals surface area contributed by atoms with Gasteiger partial charge in [0.05, 0.1) is 12.2 Å². The van der Waals surface area contributed by atoms with E-state index in [1.54, 1.807) is 24.3 Å². The fourth-order valence-corrected chi connectivity index (χ4v) is 1.02. The van der Waals surface area contributed by atoms with Gasteiger partial charge in [-0.25, -0.2) is 4.79 Å². The molecule has 0 amide bonds. The minimum absolute atomic E-state index is 0.0893. The molecule has 3 nitrogen and oxygen atoms in total. The van der Waals surface area contributed by atoms with Gasteiger partial charge in [0.25, 0.3) is 0 Å². The monoisotopic (exact) mass is 178 g/mol. The maximum atomic E-state index is 10.7. The minimum Gasteiger partial charge on any atom is -0.478 e. The first-order valence-corrected chi connectivity index (χ1v) is 3.85. The number of aliphatic hydroxyl groups is 1. The summed E-state index contributed by atoms with van der Waals surface area (Å²) >= 11 is 0. The van der Waals surface area contributed by atoms with Gasteiger partial charge in [-0.05, 0) is 11.6 Å². The number of benzene rings is 1. The molecular formula is C10H10O3. The molecule has 2 N–H and O–H groups in total. The van der Waals surface area contributed by atoms with Crippen molar-refractivity contribution in [2.45, 2.75) is 0 Å². The number of carboxylic acids is 1. The average molecular weight is 178 g/mol. The number of hydrogen-bond donors (Lipinski definition) is 2. The molecule has 0 unspecified atom stereocenters. The molecule has 0 bridgehead atoms. The second kappa shape index (κ2) is 4.42. The molecule has 0 saturated carbocycles. The molecule has 1 rings (SSSR count). The number of rotatable bonds is 3. The van der Waals surface area contributed by atoms with Gasteiger partial charge in [-0.2, -0.15) is 0 Å². The van der Waals surface area contributed by atoms with Gasteiger partial charge < -0.3 is 10.2 Å². The lowest BCUT2D eigenvalue weighted by molar-refractivity contribution is 0.0696. The van der Waals surface area contributed by atoms with Crippen molar-refractivity contribution in [2.75, 3.05) is 6.61 Å². The zero-order valence-electron chi connectivity index (χ0n) is 6.97. The van der Waals surface area contributed by atoms with Crippen molar-refractivity contribution in [2.24, 2.45) is 0 Å². The molecule has 0 heterocycles.